The van der Waals surface area contributed by atoms with E-state index in [-0.39, 0.29) is 11.5 Å². The Morgan fingerprint density at radius 3 is 2.50 bits per heavy atom. The van der Waals surface area contributed by atoms with E-state index in [0.29, 0.717) is 30.8 Å². The van der Waals surface area contributed by atoms with Crippen molar-refractivity contribution >= 4 is 31.4 Å². The highest BCUT2D eigenvalue weighted by Gasteiger charge is 2.27. The van der Waals surface area contributed by atoms with Gasteiger partial charge in [-0.15, -0.1) is 0 Å². The molecule has 136 valence electrons. The Kier molecular flexibility index (Phi) is 6.14. The van der Waals surface area contributed by atoms with Crippen molar-refractivity contribution in [1.29, 1.82) is 0 Å². The van der Waals surface area contributed by atoms with Gasteiger partial charge in [0.15, 0.2) is 0 Å². The second-order valence-corrected chi connectivity index (χ2v) is 9.96. The number of benzene rings is 1. The molecule has 0 aliphatic carbocycles. The quantitative estimate of drug-likeness (QED) is 0.758. The lowest BCUT2D eigenvalue weighted by atomic mass is 10.0. The maximum absolute atomic E-state index is 12.4. The summed E-state index contributed by atoms with van der Waals surface area (Å²) in [5, 5.41) is 0. The van der Waals surface area contributed by atoms with Crippen LogP contribution in [0.25, 0.3) is 0 Å². The van der Waals surface area contributed by atoms with E-state index in [1.54, 1.807) is 18.2 Å². The monoisotopic (exact) mass is 374 g/mol. The molecule has 0 bridgehead atoms. The maximum atomic E-state index is 12.4. The third kappa shape index (κ3) is 4.63. The van der Waals surface area contributed by atoms with Gasteiger partial charge in [-0.3, -0.25) is 9.03 Å². The fourth-order valence-electron chi connectivity index (χ4n) is 2.85. The zero-order chi connectivity index (χ0) is 17.8. The Balaban J connectivity index is 2.25. The lowest BCUT2D eigenvalue weighted by Crippen LogP contribution is -2.37. The maximum Gasteiger partial charge on any atom is 0.235 e. The number of aryl methyl sites for hydroxylation is 1. The molecule has 6 nitrogen and oxygen atoms in total. The average Bonchev–Trinajstić information content (AvgIpc) is 2.51. The van der Waals surface area contributed by atoms with Gasteiger partial charge < -0.3 is 0 Å². The van der Waals surface area contributed by atoms with E-state index >= 15 is 0 Å². The Bertz CT molecular complexity index is 773. The summed E-state index contributed by atoms with van der Waals surface area (Å²) >= 11 is 0. The number of nitrogens with one attached hydrogen (secondary N) is 1. The van der Waals surface area contributed by atoms with Gasteiger partial charge in [-0.05, 0) is 49.4 Å². The Morgan fingerprint density at radius 2 is 1.83 bits per heavy atom. The predicted octanol–water partition coefficient (Wildman–Crippen LogP) is 2.72. The summed E-state index contributed by atoms with van der Waals surface area (Å²) in [6.45, 7) is 4.27. The van der Waals surface area contributed by atoms with Gasteiger partial charge in [0.05, 0.1) is 17.2 Å². The first-order valence-corrected chi connectivity index (χ1v) is 11.7. The van der Waals surface area contributed by atoms with Gasteiger partial charge in [0.25, 0.3) is 0 Å². The van der Waals surface area contributed by atoms with E-state index in [1.807, 2.05) is 13.8 Å². The van der Waals surface area contributed by atoms with Gasteiger partial charge in [-0.1, -0.05) is 20.3 Å². The predicted molar refractivity (Wildman–Crippen MR) is 98.5 cm³/mol. The number of unbranched alkanes of at least 4 members (excludes halogenated alkanes) is 1. The fraction of sp³-hybridized carbons (Fsp3) is 0.625. The van der Waals surface area contributed by atoms with Crippen LogP contribution in [0.4, 0.5) is 11.4 Å². The lowest BCUT2D eigenvalue weighted by molar-refractivity contribution is 0.585. The molecule has 24 heavy (non-hydrogen) atoms. The minimum absolute atomic E-state index is 0.0948. The summed E-state index contributed by atoms with van der Waals surface area (Å²) < 4.78 is 52.9. The van der Waals surface area contributed by atoms with E-state index in [4.69, 9.17) is 0 Å². The van der Waals surface area contributed by atoms with Crippen molar-refractivity contribution < 1.29 is 16.8 Å². The zero-order valence-corrected chi connectivity index (χ0v) is 15.9. The van der Waals surface area contributed by atoms with Crippen molar-refractivity contribution in [3.05, 3.63) is 23.8 Å². The van der Waals surface area contributed by atoms with Crippen molar-refractivity contribution in [2.45, 2.75) is 46.0 Å². The summed E-state index contributed by atoms with van der Waals surface area (Å²) in [5.41, 5.74) is 2.04. The summed E-state index contributed by atoms with van der Waals surface area (Å²) in [7, 11) is -6.67. The minimum Gasteiger partial charge on any atom is -0.284 e. The molecule has 1 N–H and O–H groups in total. The molecule has 2 rings (SSSR count). The van der Waals surface area contributed by atoms with Crippen LogP contribution in [0, 0.1) is 0 Å². The molecule has 0 radical (unpaired) electrons. The van der Waals surface area contributed by atoms with Crippen molar-refractivity contribution in [2.24, 2.45) is 0 Å². The Hall–Kier alpha value is -1.28. The van der Waals surface area contributed by atoms with Crippen molar-refractivity contribution in [1.82, 2.24) is 0 Å². The normalized spacial score (nSPS) is 15.2. The van der Waals surface area contributed by atoms with Gasteiger partial charge in [0.2, 0.25) is 20.0 Å². The molecule has 1 aromatic carbocycles. The van der Waals surface area contributed by atoms with Crippen molar-refractivity contribution in [3.63, 3.8) is 0 Å². The number of hydrogen-bond acceptors (Lipinski definition) is 4. The highest BCUT2D eigenvalue weighted by atomic mass is 32.2. The van der Waals surface area contributed by atoms with Gasteiger partial charge in [0.1, 0.15) is 0 Å². The fourth-order valence-corrected chi connectivity index (χ4v) is 5.73. The van der Waals surface area contributed by atoms with Crippen LogP contribution in [0.2, 0.25) is 0 Å². The van der Waals surface area contributed by atoms with E-state index in [1.165, 1.54) is 4.31 Å². The summed E-state index contributed by atoms with van der Waals surface area (Å²) in [6.07, 6.45) is 3.49. The Labute approximate surface area is 145 Å². The molecule has 0 amide bonds. The van der Waals surface area contributed by atoms with Crippen LogP contribution in [-0.2, 0) is 26.5 Å². The molecule has 1 heterocycles. The molecule has 0 aromatic heterocycles. The molecule has 0 saturated carbocycles. The molecule has 1 aromatic rings. The Morgan fingerprint density at radius 1 is 1.08 bits per heavy atom. The van der Waals surface area contributed by atoms with Crippen LogP contribution in [0.3, 0.4) is 0 Å². The number of anilines is 2. The van der Waals surface area contributed by atoms with Crippen LogP contribution in [0.1, 0.15) is 45.1 Å². The standard InChI is InChI=1S/C16H26N2O4S2/c1-3-5-12-23(19,20)17-15-8-9-16-14(13-15)7-6-10-18(16)24(21,22)11-4-2/h8-9,13,17H,3-7,10-12H2,1-2H3. The number of sulfonamides is 2. The van der Waals surface area contributed by atoms with Gasteiger partial charge in [-0.25, -0.2) is 16.8 Å². The van der Waals surface area contributed by atoms with Crippen molar-refractivity contribution in [2.75, 3.05) is 27.1 Å². The lowest BCUT2D eigenvalue weighted by Gasteiger charge is -2.30. The number of fused-ring (bicyclic) bond motifs is 1. The van der Waals surface area contributed by atoms with Crippen LogP contribution < -0.4 is 9.03 Å². The molecule has 0 atom stereocenters. The molecule has 0 saturated heterocycles. The first kappa shape index (κ1) is 19.1. The van der Waals surface area contributed by atoms with E-state index in [2.05, 4.69) is 4.72 Å². The first-order valence-electron chi connectivity index (χ1n) is 8.43. The molecule has 8 heteroatoms. The molecular formula is C16H26N2O4S2. The second-order valence-electron chi connectivity index (χ2n) is 6.11. The topological polar surface area (TPSA) is 83.6 Å². The highest BCUT2D eigenvalue weighted by molar-refractivity contribution is 7.93. The highest BCUT2D eigenvalue weighted by Crippen LogP contribution is 2.32. The summed E-state index contributed by atoms with van der Waals surface area (Å²) in [5.74, 6) is 0.218. The summed E-state index contributed by atoms with van der Waals surface area (Å²) in [4.78, 5) is 0. The van der Waals surface area contributed by atoms with E-state index in [9.17, 15) is 16.8 Å². The van der Waals surface area contributed by atoms with Crippen LogP contribution >= 0.6 is 0 Å². The molecule has 0 spiro atoms. The second kappa shape index (κ2) is 7.74. The average molecular weight is 375 g/mol. The molecule has 0 unspecified atom stereocenters. The smallest absolute Gasteiger partial charge is 0.235 e. The molecular weight excluding hydrogens is 348 g/mol. The summed E-state index contributed by atoms with van der Waals surface area (Å²) in [6, 6.07) is 5.11. The van der Waals surface area contributed by atoms with Gasteiger partial charge >= 0.3 is 0 Å². The zero-order valence-electron chi connectivity index (χ0n) is 14.3. The third-order valence-electron chi connectivity index (χ3n) is 3.99. The SMILES string of the molecule is CCCCS(=O)(=O)Nc1ccc2c(c1)CCCN2S(=O)(=O)CCC. The van der Waals surface area contributed by atoms with Crippen LogP contribution in [-0.4, -0.2) is 34.9 Å². The molecule has 1 aliphatic rings. The van der Waals surface area contributed by atoms with Crippen LogP contribution in [0.5, 0.6) is 0 Å². The minimum atomic E-state index is -3.36. The third-order valence-corrected chi connectivity index (χ3v) is 7.34. The molecule has 0 fully saturated rings. The van der Waals surface area contributed by atoms with E-state index < -0.39 is 20.0 Å². The number of rotatable bonds is 8. The van der Waals surface area contributed by atoms with Gasteiger partial charge in [0, 0.05) is 12.2 Å². The van der Waals surface area contributed by atoms with Crippen molar-refractivity contribution in [3.8, 4) is 0 Å². The number of nitrogens with zero attached hydrogens (tertiary/aromatic N) is 1. The van der Waals surface area contributed by atoms with E-state index in [0.717, 1.165) is 24.8 Å². The number of hydrogen-bond donors (Lipinski definition) is 1. The largest absolute Gasteiger partial charge is 0.284 e. The molecule has 1 aliphatic heterocycles. The van der Waals surface area contributed by atoms with Gasteiger partial charge in [-0.2, -0.15) is 0 Å². The van der Waals surface area contributed by atoms with Crippen LogP contribution in [0.15, 0.2) is 18.2 Å². The first-order chi connectivity index (χ1) is 11.3.